The van der Waals surface area contributed by atoms with Gasteiger partial charge in [-0.3, -0.25) is 9.59 Å². The third-order valence-electron chi connectivity index (χ3n) is 5.63. The summed E-state index contributed by atoms with van der Waals surface area (Å²) < 4.78 is 27.7. The predicted octanol–water partition coefficient (Wildman–Crippen LogP) is 3.47. The second kappa shape index (κ2) is 8.64. The second-order valence-electron chi connectivity index (χ2n) is 7.94. The van der Waals surface area contributed by atoms with Crippen molar-refractivity contribution in [3.05, 3.63) is 48.0 Å². The lowest BCUT2D eigenvalue weighted by atomic mass is 9.97. The van der Waals surface area contributed by atoms with Crippen LogP contribution in [0.2, 0.25) is 0 Å². The topological polar surface area (TPSA) is 95.6 Å². The number of carbonyl (C=O) groups is 2. The highest BCUT2D eigenvalue weighted by molar-refractivity contribution is 8.01. The summed E-state index contributed by atoms with van der Waals surface area (Å²) in [6.45, 7) is 4.34. The Balaban J connectivity index is 1.42. The van der Waals surface area contributed by atoms with E-state index in [9.17, 15) is 18.0 Å². The van der Waals surface area contributed by atoms with Crippen molar-refractivity contribution in [1.82, 2.24) is 4.31 Å². The number of carbonyl (C=O) groups excluding carboxylic acids is 2. The summed E-state index contributed by atoms with van der Waals surface area (Å²) in [4.78, 5) is 25.6. The number of hydrogen-bond acceptors (Lipinski definition) is 5. The molecule has 0 unspecified atom stereocenters. The van der Waals surface area contributed by atoms with E-state index in [1.165, 1.54) is 22.1 Å². The van der Waals surface area contributed by atoms with Crippen molar-refractivity contribution in [3.8, 4) is 0 Å². The molecule has 0 bridgehead atoms. The van der Waals surface area contributed by atoms with E-state index in [0.717, 1.165) is 16.1 Å². The zero-order valence-corrected chi connectivity index (χ0v) is 19.1. The van der Waals surface area contributed by atoms with Gasteiger partial charge in [-0.15, -0.1) is 11.8 Å². The van der Waals surface area contributed by atoms with Gasteiger partial charge in [0.25, 0.3) is 0 Å². The van der Waals surface area contributed by atoms with E-state index in [-0.39, 0.29) is 41.0 Å². The first-order valence-corrected chi connectivity index (χ1v) is 12.6. The number of rotatable bonds is 4. The van der Waals surface area contributed by atoms with Gasteiger partial charge in [0.1, 0.15) is 0 Å². The minimum absolute atomic E-state index is 0.0784. The Morgan fingerprint density at radius 1 is 1.16 bits per heavy atom. The maximum absolute atomic E-state index is 13.1. The van der Waals surface area contributed by atoms with E-state index in [1.807, 2.05) is 38.1 Å². The summed E-state index contributed by atoms with van der Waals surface area (Å²) in [7, 11) is -3.70. The van der Waals surface area contributed by atoms with Crippen LogP contribution in [0, 0.1) is 12.8 Å². The van der Waals surface area contributed by atoms with Gasteiger partial charge in [-0.1, -0.05) is 12.1 Å². The molecule has 1 atom stereocenters. The van der Waals surface area contributed by atoms with Crippen LogP contribution in [0.15, 0.2) is 52.3 Å². The Hall–Kier alpha value is -2.36. The maximum Gasteiger partial charge on any atom is 0.243 e. The van der Waals surface area contributed by atoms with Crippen LogP contribution in [0.25, 0.3) is 0 Å². The molecule has 0 saturated carbocycles. The number of nitrogens with zero attached hydrogens (tertiary/aromatic N) is 1. The predicted molar refractivity (Wildman–Crippen MR) is 122 cm³/mol. The molecular formula is C22H25N3O4S2. The highest BCUT2D eigenvalue weighted by Gasteiger charge is 2.33. The average Bonchev–Trinajstić information content (AvgIpc) is 2.74. The van der Waals surface area contributed by atoms with Gasteiger partial charge < -0.3 is 10.6 Å². The molecule has 0 aromatic heterocycles. The molecule has 2 heterocycles. The fourth-order valence-electron chi connectivity index (χ4n) is 3.82. The molecular weight excluding hydrogens is 434 g/mol. The van der Waals surface area contributed by atoms with Crippen LogP contribution in [0.3, 0.4) is 0 Å². The molecule has 2 aliphatic heterocycles. The highest BCUT2D eigenvalue weighted by atomic mass is 32.2. The van der Waals surface area contributed by atoms with E-state index in [4.69, 9.17) is 0 Å². The van der Waals surface area contributed by atoms with E-state index in [2.05, 4.69) is 10.6 Å². The third-order valence-corrected chi connectivity index (χ3v) is 8.70. The first-order chi connectivity index (χ1) is 14.7. The number of fused-ring (bicyclic) bond motifs is 1. The van der Waals surface area contributed by atoms with E-state index >= 15 is 0 Å². The zero-order chi connectivity index (χ0) is 22.2. The Morgan fingerprint density at radius 2 is 1.90 bits per heavy atom. The number of anilines is 2. The van der Waals surface area contributed by atoms with Gasteiger partial charge in [0.2, 0.25) is 21.8 Å². The van der Waals surface area contributed by atoms with Crippen molar-refractivity contribution >= 4 is 45.0 Å². The molecule has 4 rings (SSSR count). The van der Waals surface area contributed by atoms with Crippen LogP contribution in [-0.4, -0.2) is 42.9 Å². The van der Waals surface area contributed by atoms with Crippen molar-refractivity contribution in [1.29, 1.82) is 0 Å². The van der Waals surface area contributed by atoms with E-state index in [1.54, 1.807) is 12.1 Å². The molecule has 2 amide bonds. The van der Waals surface area contributed by atoms with Crippen LogP contribution in [-0.2, 0) is 19.6 Å². The highest BCUT2D eigenvalue weighted by Crippen LogP contribution is 2.37. The lowest BCUT2D eigenvalue weighted by Crippen LogP contribution is -2.41. The third kappa shape index (κ3) is 4.63. The standard InChI is InChI=1S/C22H25N3O4S2/c1-14-4-3-5-17(12-14)23-22(27)16-8-10-25(11-9-16)31(28,29)18-6-7-20-19(13-18)24-21(26)15(2)30-20/h3-7,12-13,15-16H,8-11H2,1-2H3,(H,23,27)(H,24,26)/t15-/m1/s1. The fraction of sp³-hybridized carbons (Fsp3) is 0.364. The van der Waals surface area contributed by atoms with Gasteiger partial charge >= 0.3 is 0 Å². The molecule has 9 heteroatoms. The molecule has 1 fully saturated rings. The van der Waals surface area contributed by atoms with Crippen molar-refractivity contribution in [2.24, 2.45) is 5.92 Å². The largest absolute Gasteiger partial charge is 0.326 e. The molecule has 7 nitrogen and oxygen atoms in total. The van der Waals surface area contributed by atoms with Crippen LogP contribution >= 0.6 is 11.8 Å². The summed E-state index contributed by atoms with van der Waals surface area (Å²) in [5.41, 5.74) is 2.35. The van der Waals surface area contributed by atoms with Crippen molar-refractivity contribution < 1.29 is 18.0 Å². The van der Waals surface area contributed by atoms with Crippen LogP contribution < -0.4 is 10.6 Å². The Kier molecular flexibility index (Phi) is 6.09. The van der Waals surface area contributed by atoms with Gasteiger partial charge in [0.15, 0.2) is 0 Å². The monoisotopic (exact) mass is 459 g/mol. The molecule has 0 spiro atoms. The molecule has 164 valence electrons. The lowest BCUT2D eigenvalue weighted by Gasteiger charge is -2.31. The van der Waals surface area contributed by atoms with Crippen molar-refractivity contribution in [2.75, 3.05) is 23.7 Å². The minimum atomic E-state index is -3.70. The number of hydrogen-bond donors (Lipinski definition) is 2. The summed E-state index contributed by atoms with van der Waals surface area (Å²) in [5, 5.41) is 5.50. The summed E-state index contributed by atoms with van der Waals surface area (Å²) in [6.07, 6.45) is 0.928. The molecule has 2 aromatic rings. The first-order valence-electron chi connectivity index (χ1n) is 10.2. The smallest absolute Gasteiger partial charge is 0.243 e. The number of thioether (sulfide) groups is 1. The van der Waals surface area contributed by atoms with Crippen LogP contribution in [0.4, 0.5) is 11.4 Å². The molecule has 2 N–H and O–H groups in total. The van der Waals surface area contributed by atoms with Gasteiger partial charge in [-0.25, -0.2) is 8.42 Å². The number of amides is 2. The van der Waals surface area contributed by atoms with E-state index in [0.29, 0.717) is 18.5 Å². The second-order valence-corrected chi connectivity index (χ2v) is 11.3. The summed E-state index contributed by atoms with van der Waals surface area (Å²) in [5.74, 6) is -0.439. The maximum atomic E-state index is 13.1. The van der Waals surface area contributed by atoms with Gasteiger partial charge in [0.05, 0.1) is 15.8 Å². The normalized spacial score (nSPS) is 20.1. The average molecular weight is 460 g/mol. The summed E-state index contributed by atoms with van der Waals surface area (Å²) >= 11 is 1.41. The zero-order valence-electron chi connectivity index (χ0n) is 17.4. The molecule has 0 radical (unpaired) electrons. The van der Waals surface area contributed by atoms with Gasteiger partial charge in [0, 0.05) is 29.6 Å². The number of nitrogens with one attached hydrogen (secondary N) is 2. The number of sulfonamides is 1. The number of aryl methyl sites for hydroxylation is 1. The van der Waals surface area contributed by atoms with Gasteiger partial charge in [-0.05, 0) is 62.6 Å². The SMILES string of the molecule is Cc1cccc(NC(=O)C2CCN(S(=O)(=O)c3ccc4c(c3)NC(=O)[C@@H](C)S4)CC2)c1. The Bertz CT molecular complexity index is 1130. The van der Waals surface area contributed by atoms with Crippen molar-refractivity contribution in [2.45, 2.75) is 41.7 Å². The van der Waals surface area contributed by atoms with Gasteiger partial charge in [-0.2, -0.15) is 4.31 Å². The van der Waals surface area contributed by atoms with Crippen LogP contribution in [0.1, 0.15) is 25.3 Å². The Morgan fingerprint density at radius 3 is 2.61 bits per heavy atom. The van der Waals surface area contributed by atoms with E-state index < -0.39 is 10.0 Å². The fourth-order valence-corrected chi connectivity index (χ4v) is 6.25. The quantitative estimate of drug-likeness (QED) is 0.730. The first kappa shape index (κ1) is 21.9. The number of benzene rings is 2. The van der Waals surface area contributed by atoms with Crippen LogP contribution in [0.5, 0.6) is 0 Å². The Labute approximate surface area is 186 Å². The molecule has 2 aliphatic rings. The van der Waals surface area contributed by atoms with Crippen molar-refractivity contribution in [3.63, 3.8) is 0 Å². The molecule has 0 aliphatic carbocycles. The number of piperidine rings is 1. The minimum Gasteiger partial charge on any atom is -0.326 e. The molecule has 2 aromatic carbocycles. The molecule has 1 saturated heterocycles. The lowest BCUT2D eigenvalue weighted by molar-refractivity contribution is -0.121. The molecule has 31 heavy (non-hydrogen) atoms. The summed E-state index contributed by atoms with van der Waals surface area (Å²) in [6, 6.07) is 12.5.